The van der Waals surface area contributed by atoms with Crippen molar-refractivity contribution in [3.63, 3.8) is 0 Å². The molecule has 0 aromatic heterocycles. The van der Waals surface area contributed by atoms with E-state index in [1.807, 2.05) is 11.1 Å². The summed E-state index contributed by atoms with van der Waals surface area (Å²) >= 11 is 0. The molecular formula is C17H28. The molecule has 0 aromatic rings. The van der Waals surface area contributed by atoms with Gasteiger partial charge in [-0.2, -0.15) is 0 Å². The highest BCUT2D eigenvalue weighted by Crippen LogP contribution is 2.45. The standard InChI is InChI=1S/C17H28/c1-3-5-7-9-15(8-6-4-2)17-13-14-10-11-16(17)12-14/h10-11,14,16H,3-9,12-13H2,1-2H3. The normalized spacial score (nSPS) is 29.1. The van der Waals surface area contributed by atoms with Crippen molar-refractivity contribution < 1.29 is 0 Å². The second-order valence-electron chi connectivity index (χ2n) is 5.88. The lowest BCUT2D eigenvalue weighted by Crippen LogP contribution is -1.99. The molecule has 0 spiro atoms. The summed E-state index contributed by atoms with van der Waals surface area (Å²) in [5, 5.41) is 0. The summed E-state index contributed by atoms with van der Waals surface area (Å²) in [6, 6.07) is 0. The minimum Gasteiger partial charge on any atom is -0.0845 e. The summed E-state index contributed by atoms with van der Waals surface area (Å²) in [7, 11) is 0. The van der Waals surface area contributed by atoms with Crippen LogP contribution in [0.3, 0.4) is 0 Å². The maximum absolute atomic E-state index is 2.48. The van der Waals surface area contributed by atoms with E-state index in [2.05, 4.69) is 26.0 Å². The summed E-state index contributed by atoms with van der Waals surface area (Å²) in [5.74, 6) is 1.74. The first kappa shape index (κ1) is 12.9. The highest BCUT2D eigenvalue weighted by atomic mass is 14.4. The van der Waals surface area contributed by atoms with Gasteiger partial charge in [0.1, 0.15) is 0 Å². The lowest BCUT2D eigenvalue weighted by Gasteiger charge is -2.17. The van der Waals surface area contributed by atoms with Crippen molar-refractivity contribution in [3.8, 4) is 0 Å². The van der Waals surface area contributed by atoms with Crippen LogP contribution in [-0.4, -0.2) is 0 Å². The molecule has 17 heavy (non-hydrogen) atoms. The molecule has 0 radical (unpaired) electrons. The molecule has 0 amide bonds. The molecule has 0 aliphatic heterocycles. The predicted octanol–water partition coefficient (Wildman–Crippen LogP) is 5.65. The Kier molecular flexibility index (Phi) is 4.88. The topological polar surface area (TPSA) is 0 Å². The van der Waals surface area contributed by atoms with Gasteiger partial charge in [-0.25, -0.2) is 0 Å². The molecule has 2 aliphatic rings. The van der Waals surface area contributed by atoms with E-state index in [9.17, 15) is 0 Å². The van der Waals surface area contributed by atoms with Crippen LogP contribution in [0.1, 0.15) is 71.6 Å². The van der Waals surface area contributed by atoms with Crippen molar-refractivity contribution in [2.24, 2.45) is 11.8 Å². The minimum absolute atomic E-state index is 0.841. The summed E-state index contributed by atoms with van der Waals surface area (Å²) in [4.78, 5) is 0. The maximum atomic E-state index is 2.48. The first-order chi connectivity index (χ1) is 8.35. The Bertz CT molecular complexity index is 295. The van der Waals surface area contributed by atoms with Crippen molar-refractivity contribution in [1.29, 1.82) is 0 Å². The molecule has 2 rings (SSSR count). The molecule has 1 fully saturated rings. The second-order valence-corrected chi connectivity index (χ2v) is 5.88. The minimum atomic E-state index is 0.841. The zero-order chi connectivity index (χ0) is 12.1. The summed E-state index contributed by atoms with van der Waals surface area (Å²) in [5.41, 5.74) is 3.69. The van der Waals surface area contributed by atoms with Crippen molar-refractivity contribution in [2.75, 3.05) is 0 Å². The fourth-order valence-electron chi connectivity index (χ4n) is 3.45. The zero-order valence-electron chi connectivity index (χ0n) is 11.7. The van der Waals surface area contributed by atoms with E-state index in [1.54, 1.807) is 0 Å². The number of unbranched alkanes of at least 4 members (excludes halogenated alkanes) is 3. The van der Waals surface area contributed by atoms with Crippen LogP contribution in [0.4, 0.5) is 0 Å². The van der Waals surface area contributed by atoms with Crippen LogP contribution in [0.25, 0.3) is 0 Å². The number of fused-ring (bicyclic) bond motifs is 2. The van der Waals surface area contributed by atoms with Gasteiger partial charge in [0.15, 0.2) is 0 Å². The number of hydrogen-bond donors (Lipinski definition) is 0. The summed E-state index contributed by atoms with van der Waals surface area (Å²) in [6.45, 7) is 4.62. The molecule has 0 heteroatoms. The molecule has 2 atom stereocenters. The molecule has 0 saturated heterocycles. The van der Waals surface area contributed by atoms with E-state index < -0.39 is 0 Å². The van der Waals surface area contributed by atoms with Gasteiger partial charge in [0.25, 0.3) is 0 Å². The maximum Gasteiger partial charge on any atom is -0.00146 e. The van der Waals surface area contributed by atoms with Gasteiger partial charge in [0.2, 0.25) is 0 Å². The van der Waals surface area contributed by atoms with Gasteiger partial charge in [0, 0.05) is 0 Å². The van der Waals surface area contributed by atoms with Gasteiger partial charge in [-0.3, -0.25) is 0 Å². The molecule has 0 heterocycles. The number of hydrogen-bond acceptors (Lipinski definition) is 0. The van der Waals surface area contributed by atoms with E-state index in [0.29, 0.717) is 0 Å². The lowest BCUT2D eigenvalue weighted by molar-refractivity contribution is 0.659. The number of allylic oxidation sites excluding steroid dienone is 4. The molecule has 0 aromatic carbocycles. The third kappa shape index (κ3) is 3.24. The van der Waals surface area contributed by atoms with Crippen molar-refractivity contribution in [3.05, 3.63) is 23.3 Å². The Morgan fingerprint density at radius 3 is 2.41 bits per heavy atom. The van der Waals surface area contributed by atoms with Crippen molar-refractivity contribution in [2.45, 2.75) is 71.6 Å². The summed E-state index contributed by atoms with van der Waals surface area (Å²) in [6.07, 6.45) is 17.4. The SMILES string of the molecule is CCCCCC(CCCC)=C1CC2C=CC1C2. The second kappa shape index (κ2) is 6.42. The van der Waals surface area contributed by atoms with Gasteiger partial charge in [-0.1, -0.05) is 56.4 Å². The van der Waals surface area contributed by atoms with Crippen LogP contribution < -0.4 is 0 Å². The Hall–Kier alpha value is -0.520. The molecule has 2 aliphatic carbocycles. The number of rotatable bonds is 7. The van der Waals surface area contributed by atoms with Gasteiger partial charge in [-0.05, 0) is 50.4 Å². The van der Waals surface area contributed by atoms with E-state index >= 15 is 0 Å². The average Bonchev–Trinajstić information content (AvgIpc) is 2.95. The zero-order valence-corrected chi connectivity index (χ0v) is 11.7. The molecule has 2 unspecified atom stereocenters. The van der Waals surface area contributed by atoms with Crippen molar-refractivity contribution in [1.82, 2.24) is 0 Å². The fraction of sp³-hybridized carbons (Fsp3) is 0.765. The molecule has 0 N–H and O–H groups in total. The van der Waals surface area contributed by atoms with Gasteiger partial charge >= 0.3 is 0 Å². The van der Waals surface area contributed by atoms with E-state index in [4.69, 9.17) is 0 Å². The summed E-state index contributed by atoms with van der Waals surface area (Å²) < 4.78 is 0. The highest BCUT2D eigenvalue weighted by Gasteiger charge is 2.32. The Labute approximate surface area is 107 Å². The Morgan fingerprint density at radius 2 is 1.82 bits per heavy atom. The highest BCUT2D eigenvalue weighted by molar-refractivity contribution is 5.31. The molecule has 96 valence electrons. The van der Waals surface area contributed by atoms with Gasteiger partial charge < -0.3 is 0 Å². The van der Waals surface area contributed by atoms with E-state index in [0.717, 1.165) is 11.8 Å². The monoisotopic (exact) mass is 232 g/mol. The van der Waals surface area contributed by atoms with Gasteiger partial charge in [-0.15, -0.1) is 0 Å². The molecule has 0 nitrogen and oxygen atoms in total. The van der Waals surface area contributed by atoms with Crippen LogP contribution in [0.2, 0.25) is 0 Å². The van der Waals surface area contributed by atoms with Crippen LogP contribution in [0.5, 0.6) is 0 Å². The van der Waals surface area contributed by atoms with Crippen molar-refractivity contribution >= 4 is 0 Å². The first-order valence-electron chi connectivity index (χ1n) is 7.74. The smallest absolute Gasteiger partial charge is 0.00146 e. The van der Waals surface area contributed by atoms with E-state index in [-0.39, 0.29) is 0 Å². The molecule has 2 bridgehead atoms. The third-order valence-corrected chi connectivity index (χ3v) is 4.47. The quantitative estimate of drug-likeness (QED) is 0.393. The molecular weight excluding hydrogens is 204 g/mol. The Balaban J connectivity index is 1.98. The van der Waals surface area contributed by atoms with E-state index in [1.165, 1.54) is 57.8 Å². The van der Waals surface area contributed by atoms with Crippen LogP contribution in [0.15, 0.2) is 23.3 Å². The van der Waals surface area contributed by atoms with Crippen LogP contribution >= 0.6 is 0 Å². The predicted molar refractivity (Wildman–Crippen MR) is 76.0 cm³/mol. The third-order valence-electron chi connectivity index (χ3n) is 4.47. The largest absolute Gasteiger partial charge is 0.0845 e. The van der Waals surface area contributed by atoms with Crippen LogP contribution in [0, 0.1) is 11.8 Å². The first-order valence-corrected chi connectivity index (χ1v) is 7.74. The fourth-order valence-corrected chi connectivity index (χ4v) is 3.45. The lowest BCUT2D eigenvalue weighted by atomic mass is 9.89. The average molecular weight is 232 g/mol. The molecule has 1 saturated carbocycles. The van der Waals surface area contributed by atoms with Crippen LogP contribution in [-0.2, 0) is 0 Å². The van der Waals surface area contributed by atoms with Gasteiger partial charge in [0.05, 0.1) is 0 Å². The Morgan fingerprint density at radius 1 is 1.06 bits per heavy atom.